The van der Waals surface area contributed by atoms with Crippen molar-refractivity contribution in [2.75, 3.05) is 0 Å². The fourth-order valence-corrected chi connectivity index (χ4v) is 1.93. The number of hydrogen-bond acceptors (Lipinski definition) is 5. The molecule has 7 nitrogen and oxygen atoms in total. The van der Waals surface area contributed by atoms with Crippen molar-refractivity contribution in [3.63, 3.8) is 0 Å². The highest BCUT2D eigenvalue weighted by atomic mass is 35.5. The zero-order valence-corrected chi connectivity index (χ0v) is 11.0. The van der Waals surface area contributed by atoms with Crippen LogP contribution in [0.3, 0.4) is 0 Å². The van der Waals surface area contributed by atoms with Crippen molar-refractivity contribution in [3.8, 4) is 11.5 Å². The topological polar surface area (TPSA) is 82.6 Å². The van der Waals surface area contributed by atoms with E-state index in [0.717, 1.165) is 6.07 Å². The van der Waals surface area contributed by atoms with E-state index in [1.165, 1.54) is 16.9 Å². The van der Waals surface area contributed by atoms with E-state index in [1.807, 2.05) is 0 Å². The summed E-state index contributed by atoms with van der Waals surface area (Å²) in [6.45, 7) is 0. The molecule has 21 heavy (non-hydrogen) atoms. The van der Waals surface area contributed by atoms with Crippen LogP contribution in [0.25, 0.3) is 5.65 Å². The normalized spacial score (nSPS) is 10.8. The number of aromatic nitrogens is 3. The van der Waals surface area contributed by atoms with Crippen LogP contribution in [0.15, 0.2) is 36.8 Å². The summed E-state index contributed by atoms with van der Waals surface area (Å²) in [6.07, 6.45) is 2.98. The molecule has 1 aromatic carbocycles. The third-order valence-corrected chi connectivity index (χ3v) is 3.06. The molecule has 2 heterocycles. The Morgan fingerprint density at radius 2 is 2.19 bits per heavy atom. The van der Waals surface area contributed by atoms with E-state index in [9.17, 15) is 14.5 Å². The third kappa shape index (κ3) is 2.36. The molecule has 2 aromatic heterocycles. The van der Waals surface area contributed by atoms with E-state index in [2.05, 4.69) is 10.1 Å². The van der Waals surface area contributed by atoms with E-state index in [0.29, 0.717) is 11.4 Å². The zero-order chi connectivity index (χ0) is 15.0. The molecular weight excluding hydrogens is 303 g/mol. The lowest BCUT2D eigenvalue weighted by molar-refractivity contribution is -0.387. The number of nitro groups is 1. The van der Waals surface area contributed by atoms with Gasteiger partial charge in [0, 0.05) is 18.3 Å². The minimum absolute atomic E-state index is 0.0244. The lowest BCUT2D eigenvalue weighted by atomic mass is 10.3. The van der Waals surface area contributed by atoms with Gasteiger partial charge in [0.15, 0.2) is 5.65 Å². The molecule has 0 aliphatic heterocycles. The molecule has 0 saturated heterocycles. The first-order chi connectivity index (χ1) is 10.1. The van der Waals surface area contributed by atoms with E-state index in [1.54, 1.807) is 18.3 Å². The molecule has 0 unspecified atom stereocenters. The molecular formula is C12H6ClFN4O3. The summed E-state index contributed by atoms with van der Waals surface area (Å²) in [5, 5.41) is 14.1. The molecule has 0 atom stereocenters. The number of nitrogens with zero attached hydrogens (tertiary/aromatic N) is 4. The highest BCUT2D eigenvalue weighted by Gasteiger charge is 2.21. The van der Waals surface area contributed by atoms with Gasteiger partial charge in [-0.1, -0.05) is 11.6 Å². The van der Waals surface area contributed by atoms with Crippen LogP contribution in [0, 0.1) is 15.9 Å². The van der Waals surface area contributed by atoms with Crippen molar-refractivity contribution < 1.29 is 14.1 Å². The van der Waals surface area contributed by atoms with Crippen molar-refractivity contribution in [3.05, 3.63) is 57.7 Å². The predicted molar refractivity (Wildman–Crippen MR) is 71.1 cm³/mol. The smallest absolute Gasteiger partial charge is 0.306 e. The number of rotatable bonds is 3. The molecule has 0 radical (unpaired) electrons. The van der Waals surface area contributed by atoms with Gasteiger partial charge >= 0.3 is 5.69 Å². The van der Waals surface area contributed by atoms with Crippen molar-refractivity contribution in [2.45, 2.75) is 0 Å². The number of nitro benzene ring substituents is 1. The van der Waals surface area contributed by atoms with Crippen LogP contribution in [0.5, 0.6) is 11.5 Å². The first-order valence-corrected chi connectivity index (χ1v) is 6.03. The Balaban J connectivity index is 1.97. The SMILES string of the molecule is O=[N+]([O-])c1ccc(Oc2ccn3ncnc3c2)c(Cl)c1F. The van der Waals surface area contributed by atoms with Crippen LogP contribution in [0.4, 0.5) is 10.1 Å². The van der Waals surface area contributed by atoms with Crippen LogP contribution in [-0.4, -0.2) is 19.5 Å². The number of pyridine rings is 1. The molecule has 3 aromatic rings. The van der Waals surface area contributed by atoms with Crippen molar-refractivity contribution in [1.29, 1.82) is 0 Å². The standard InChI is InChI=1S/C12H6ClFN4O3/c13-11-9(2-1-8(12(11)14)18(19)20)21-7-3-4-17-10(5-7)15-6-16-17/h1-6H. The summed E-state index contributed by atoms with van der Waals surface area (Å²) < 4.78 is 20.7. The van der Waals surface area contributed by atoms with Crippen molar-refractivity contribution in [1.82, 2.24) is 14.6 Å². The van der Waals surface area contributed by atoms with Crippen LogP contribution in [0.1, 0.15) is 0 Å². The molecule has 0 aliphatic carbocycles. The van der Waals surface area contributed by atoms with Gasteiger partial charge in [-0.2, -0.15) is 9.49 Å². The highest BCUT2D eigenvalue weighted by molar-refractivity contribution is 6.32. The van der Waals surface area contributed by atoms with Gasteiger partial charge in [0.25, 0.3) is 0 Å². The first kappa shape index (κ1) is 13.3. The van der Waals surface area contributed by atoms with E-state index in [4.69, 9.17) is 16.3 Å². The largest absolute Gasteiger partial charge is 0.455 e. The number of hydrogen-bond donors (Lipinski definition) is 0. The summed E-state index contributed by atoms with van der Waals surface area (Å²) >= 11 is 5.75. The molecule has 0 spiro atoms. The van der Waals surface area contributed by atoms with Gasteiger partial charge in [-0.3, -0.25) is 10.1 Å². The quantitative estimate of drug-likeness (QED) is 0.548. The number of ether oxygens (including phenoxy) is 1. The fourth-order valence-electron chi connectivity index (χ4n) is 1.73. The molecule has 3 rings (SSSR count). The van der Waals surface area contributed by atoms with Gasteiger partial charge in [-0.25, -0.2) is 9.50 Å². The Kier molecular flexibility index (Phi) is 3.15. The molecule has 0 fully saturated rings. The second kappa shape index (κ2) is 4.98. The summed E-state index contributed by atoms with van der Waals surface area (Å²) in [7, 11) is 0. The molecule has 0 N–H and O–H groups in total. The summed E-state index contributed by atoms with van der Waals surface area (Å²) in [4.78, 5) is 13.7. The summed E-state index contributed by atoms with van der Waals surface area (Å²) in [5.74, 6) is -0.808. The van der Waals surface area contributed by atoms with Gasteiger partial charge in [-0.05, 0) is 12.1 Å². The van der Waals surface area contributed by atoms with E-state index in [-0.39, 0.29) is 5.75 Å². The Bertz CT molecular complexity index is 852. The molecule has 0 amide bonds. The summed E-state index contributed by atoms with van der Waals surface area (Å²) in [6, 6.07) is 5.38. The van der Waals surface area contributed by atoms with Crippen LogP contribution < -0.4 is 4.74 Å². The maximum absolute atomic E-state index is 13.7. The lowest BCUT2D eigenvalue weighted by Crippen LogP contribution is -1.95. The third-order valence-electron chi connectivity index (χ3n) is 2.70. The highest BCUT2D eigenvalue weighted by Crippen LogP contribution is 2.35. The van der Waals surface area contributed by atoms with Gasteiger partial charge in [-0.15, -0.1) is 0 Å². The second-order valence-corrected chi connectivity index (χ2v) is 4.37. The minimum Gasteiger partial charge on any atom is -0.455 e. The number of fused-ring (bicyclic) bond motifs is 1. The van der Waals surface area contributed by atoms with Gasteiger partial charge in [0.1, 0.15) is 22.8 Å². The Labute approximate surface area is 121 Å². The van der Waals surface area contributed by atoms with Crippen molar-refractivity contribution >= 4 is 22.9 Å². The summed E-state index contributed by atoms with van der Waals surface area (Å²) in [5.41, 5.74) is -0.175. The molecule has 0 bridgehead atoms. The maximum atomic E-state index is 13.7. The molecule has 9 heteroatoms. The van der Waals surface area contributed by atoms with Gasteiger partial charge < -0.3 is 4.74 Å². The monoisotopic (exact) mass is 308 g/mol. The van der Waals surface area contributed by atoms with E-state index < -0.39 is 21.5 Å². The Morgan fingerprint density at radius 3 is 2.95 bits per heavy atom. The molecule has 0 saturated carbocycles. The van der Waals surface area contributed by atoms with Crippen LogP contribution in [0.2, 0.25) is 5.02 Å². The maximum Gasteiger partial charge on any atom is 0.306 e. The lowest BCUT2D eigenvalue weighted by Gasteiger charge is -2.08. The average Bonchev–Trinajstić information content (AvgIpc) is 2.91. The Hall–Kier alpha value is -2.74. The molecule has 106 valence electrons. The van der Waals surface area contributed by atoms with Crippen LogP contribution >= 0.6 is 11.6 Å². The molecule has 0 aliphatic rings. The van der Waals surface area contributed by atoms with Crippen LogP contribution in [-0.2, 0) is 0 Å². The zero-order valence-electron chi connectivity index (χ0n) is 10.2. The minimum atomic E-state index is -1.14. The fraction of sp³-hybridized carbons (Fsp3) is 0. The Morgan fingerprint density at radius 1 is 1.38 bits per heavy atom. The second-order valence-electron chi connectivity index (χ2n) is 4.00. The van der Waals surface area contributed by atoms with Crippen molar-refractivity contribution in [2.24, 2.45) is 0 Å². The van der Waals surface area contributed by atoms with Gasteiger partial charge in [0.05, 0.1) is 4.92 Å². The van der Waals surface area contributed by atoms with Gasteiger partial charge in [0.2, 0.25) is 5.82 Å². The number of halogens is 2. The van der Waals surface area contributed by atoms with E-state index >= 15 is 0 Å². The number of benzene rings is 1. The first-order valence-electron chi connectivity index (χ1n) is 5.66. The average molecular weight is 309 g/mol. The predicted octanol–water partition coefficient (Wildman–Crippen LogP) is 3.22.